The summed E-state index contributed by atoms with van der Waals surface area (Å²) in [6, 6.07) is 6.13. The molecule has 15 heavy (non-hydrogen) atoms. The molecule has 0 aliphatic carbocycles. The minimum atomic E-state index is -1.25. The Morgan fingerprint density at radius 1 is 1.33 bits per heavy atom. The van der Waals surface area contributed by atoms with Crippen LogP contribution in [-0.4, -0.2) is 11.1 Å². The van der Waals surface area contributed by atoms with Crippen molar-refractivity contribution in [1.29, 1.82) is 0 Å². The van der Waals surface area contributed by atoms with Gasteiger partial charge in [0.1, 0.15) is 5.82 Å². The predicted octanol–water partition coefficient (Wildman–Crippen LogP) is 3.25. The van der Waals surface area contributed by atoms with Crippen molar-refractivity contribution in [2.24, 2.45) is 0 Å². The monoisotopic (exact) mass is 222 g/mol. The highest BCUT2D eigenvalue weighted by Crippen LogP contribution is 2.26. The molecule has 0 aliphatic rings. The van der Waals surface area contributed by atoms with Gasteiger partial charge < -0.3 is 5.11 Å². The molecular weight excluding hydrogens is 215 g/mol. The van der Waals surface area contributed by atoms with Crippen LogP contribution in [0, 0.1) is 5.82 Å². The molecule has 0 saturated heterocycles. The molecule has 76 valence electrons. The van der Waals surface area contributed by atoms with Crippen LogP contribution in [0.4, 0.5) is 4.39 Å². The van der Waals surface area contributed by atoms with E-state index in [0.717, 1.165) is 0 Å². The molecule has 2 aromatic rings. The van der Waals surface area contributed by atoms with Crippen molar-refractivity contribution < 1.29 is 14.3 Å². The number of aromatic carboxylic acids is 1. The van der Waals surface area contributed by atoms with Gasteiger partial charge in [0, 0.05) is 5.56 Å². The Bertz CT molecular complexity index is 491. The van der Waals surface area contributed by atoms with Gasteiger partial charge in [-0.1, -0.05) is 12.1 Å². The highest BCUT2D eigenvalue weighted by atomic mass is 32.1. The molecule has 0 fully saturated rings. The Balaban J connectivity index is 2.59. The van der Waals surface area contributed by atoms with Crippen LogP contribution in [0.2, 0.25) is 0 Å². The summed E-state index contributed by atoms with van der Waals surface area (Å²) >= 11 is 1.44. The Kier molecular flexibility index (Phi) is 2.51. The smallest absolute Gasteiger partial charge is 0.338 e. The summed E-state index contributed by atoms with van der Waals surface area (Å²) in [5.74, 6) is -1.92. The zero-order chi connectivity index (χ0) is 10.8. The molecule has 0 amide bonds. The maximum atomic E-state index is 13.7. The molecule has 1 heterocycles. The van der Waals surface area contributed by atoms with Crippen molar-refractivity contribution in [3.05, 3.63) is 46.4 Å². The lowest BCUT2D eigenvalue weighted by Gasteiger charge is -2.03. The fourth-order valence-electron chi connectivity index (χ4n) is 1.34. The number of thiophene rings is 1. The van der Waals surface area contributed by atoms with Crippen molar-refractivity contribution in [2.45, 2.75) is 0 Å². The van der Waals surface area contributed by atoms with E-state index in [1.165, 1.54) is 17.4 Å². The van der Waals surface area contributed by atoms with Crippen molar-refractivity contribution >= 4 is 17.3 Å². The third-order valence-corrected chi connectivity index (χ3v) is 2.74. The van der Waals surface area contributed by atoms with Gasteiger partial charge in [0.05, 0.1) is 5.56 Å². The Hall–Kier alpha value is -1.68. The van der Waals surface area contributed by atoms with Crippen LogP contribution < -0.4 is 0 Å². The third kappa shape index (κ3) is 1.76. The Labute approximate surface area is 89.6 Å². The lowest BCUT2D eigenvalue weighted by molar-refractivity contribution is 0.0692. The number of benzene rings is 1. The van der Waals surface area contributed by atoms with E-state index in [9.17, 15) is 9.18 Å². The van der Waals surface area contributed by atoms with Gasteiger partial charge in [-0.3, -0.25) is 0 Å². The first-order valence-electron chi connectivity index (χ1n) is 4.24. The topological polar surface area (TPSA) is 37.3 Å². The standard InChI is InChI=1S/C11H7FO2S/c12-10-8(7-4-5-15-6-7)2-1-3-9(10)11(13)14/h1-6H,(H,13,14). The van der Waals surface area contributed by atoms with E-state index in [0.29, 0.717) is 11.1 Å². The van der Waals surface area contributed by atoms with Gasteiger partial charge in [-0.15, -0.1) is 0 Å². The van der Waals surface area contributed by atoms with Crippen LogP contribution >= 0.6 is 11.3 Å². The molecule has 1 aromatic carbocycles. The highest BCUT2D eigenvalue weighted by Gasteiger charge is 2.14. The predicted molar refractivity (Wildman–Crippen MR) is 56.7 cm³/mol. The molecule has 0 atom stereocenters. The largest absolute Gasteiger partial charge is 0.478 e. The molecule has 0 bridgehead atoms. The Morgan fingerprint density at radius 3 is 2.73 bits per heavy atom. The van der Waals surface area contributed by atoms with E-state index < -0.39 is 11.8 Å². The minimum Gasteiger partial charge on any atom is -0.478 e. The molecule has 1 aromatic heterocycles. The van der Waals surface area contributed by atoms with Crippen LogP contribution in [0.25, 0.3) is 11.1 Å². The SMILES string of the molecule is O=C(O)c1cccc(-c2ccsc2)c1F. The fraction of sp³-hybridized carbons (Fsp3) is 0. The zero-order valence-corrected chi connectivity index (χ0v) is 8.42. The first-order chi connectivity index (χ1) is 7.20. The van der Waals surface area contributed by atoms with Gasteiger partial charge in [0.25, 0.3) is 0 Å². The molecule has 2 nitrogen and oxygen atoms in total. The third-order valence-electron chi connectivity index (χ3n) is 2.06. The second-order valence-electron chi connectivity index (χ2n) is 2.98. The van der Waals surface area contributed by atoms with Crippen molar-refractivity contribution in [3.63, 3.8) is 0 Å². The van der Waals surface area contributed by atoms with E-state index in [-0.39, 0.29) is 5.56 Å². The quantitative estimate of drug-likeness (QED) is 0.846. The maximum Gasteiger partial charge on any atom is 0.338 e. The second kappa shape index (κ2) is 3.82. The van der Waals surface area contributed by atoms with Gasteiger partial charge in [0.2, 0.25) is 0 Å². The molecule has 0 aliphatic heterocycles. The van der Waals surface area contributed by atoms with Crippen molar-refractivity contribution in [3.8, 4) is 11.1 Å². The number of carboxylic acids is 1. The van der Waals surface area contributed by atoms with Gasteiger partial charge in [0.15, 0.2) is 0 Å². The lowest BCUT2D eigenvalue weighted by Crippen LogP contribution is -2.01. The molecular formula is C11H7FO2S. The number of carboxylic acid groups (broad SMARTS) is 1. The van der Waals surface area contributed by atoms with Crippen molar-refractivity contribution in [1.82, 2.24) is 0 Å². The van der Waals surface area contributed by atoms with Crippen LogP contribution in [0.1, 0.15) is 10.4 Å². The van der Waals surface area contributed by atoms with Crippen LogP contribution in [-0.2, 0) is 0 Å². The van der Waals surface area contributed by atoms with E-state index in [1.807, 2.05) is 5.38 Å². The summed E-state index contributed by atoms with van der Waals surface area (Å²) in [6.45, 7) is 0. The highest BCUT2D eigenvalue weighted by molar-refractivity contribution is 7.08. The van der Waals surface area contributed by atoms with E-state index >= 15 is 0 Å². The lowest BCUT2D eigenvalue weighted by atomic mass is 10.1. The zero-order valence-electron chi connectivity index (χ0n) is 7.61. The normalized spacial score (nSPS) is 10.2. The summed E-state index contributed by atoms with van der Waals surface area (Å²) in [5.41, 5.74) is 0.746. The molecule has 0 radical (unpaired) electrons. The summed E-state index contributed by atoms with van der Waals surface area (Å²) in [4.78, 5) is 10.7. The molecule has 4 heteroatoms. The average Bonchev–Trinajstić information content (AvgIpc) is 2.70. The molecule has 2 rings (SSSR count). The van der Waals surface area contributed by atoms with Gasteiger partial charge in [-0.2, -0.15) is 11.3 Å². The van der Waals surface area contributed by atoms with Gasteiger partial charge >= 0.3 is 5.97 Å². The van der Waals surface area contributed by atoms with E-state index in [1.54, 1.807) is 23.6 Å². The number of hydrogen-bond acceptors (Lipinski definition) is 2. The fourth-order valence-corrected chi connectivity index (χ4v) is 1.99. The average molecular weight is 222 g/mol. The molecule has 0 spiro atoms. The number of halogens is 1. The first kappa shape index (κ1) is 9.86. The van der Waals surface area contributed by atoms with Gasteiger partial charge in [-0.05, 0) is 28.5 Å². The Morgan fingerprint density at radius 2 is 2.13 bits per heavy atom. The first-order valence-corrected chi connectivity index (χ1v) is 5.19. The molecule has 1 N–H and O–H groups in total. The van der Waals surface area contributed by atoms with E-state index in [4.69, 9.17) is 5.11 Å². The maximum absolute atomic E-state index is 13.7. The molecule has 0 unspecified atom stereocenters. The summed E-state index contributed by atoms with van der Waals surface area (Å²) < 4.78 is 13.7. The molecule has 0 saturated carbocycles. The second-order valence-corrected chi connectivity index (χ2v) is 3.76. The van der Waals surface area contributed by atoms with Crippen LogP contribution in [0.5, 0.6) is 0 Å². The van der Waals surface area contributed by atoms with Crippen LogP contribution in [0.3, 0.4) is 0 Å². The number of carbonyl (C=O) groups is 1. The summed E-state index contributed by atoms with van der Waals surface area (Å²) in [7, 11) is 0. The number of hydrogen-bond donors (Lipinski definition) is 1. The van der Waals surface area contributed by atoms with Crippen molar-refractivity contribution in [2.75, 3.05) is 0 Å². The van der Waals surface area contributed by atoms with Crippen LogP contribution in [0.15, 0.2) is 35.0 Å². The van der Waals surface area contributed by atoms with E-state index in [2.05, 4.69) is 0 Å². The summed E-state index contributed by atoms with van der Waals surface area (Å²) in [6.07, 6.45) is 0. The minimum absolute atomic E-state index is 0.293. The van der Waals surface area contributed by atoms with Gasteiger partial charge in [-0.25, -0.2) is 9.18 Å². The number of rotatable bonds is 2. The summed E-state index contributed by atoms with van der Waals surface area (Å²) in [5, 5.41) is 12.4.